The van der Waals surface area contributed by atoms with Crippen molar-refractivity contribution in [3.05, 3.63) is 41.2 Å². The lowest BCUT2D eigenvalue weighted by Crippen LogP contribution is -2.40. The summed E-state index contributed by atoms with van der Waals surface area (Å²) in [5.41, 5.74) is 0.0453. The number of likely N-dealkylation sites (N-methyl/N-ethyl adjacent to an activating group) is 1. The van der Waals surface area contributed by atoms with Crippen molar-refractivity contribution in [2.75, 3.05) is 26.7 Å². The molecule has 1 aromatic carbocycles. The number of halogens is 1. The molecule has 0 spiro atoms. The Morgan fingerprint density at radius 2 is 2.07 bits per heavy atom. The van der Waals surface area contributed by atoms with E-state index in [2.05, 4.69) is 27.1 Å². The first-order valence-electron chi connectivity index (χ1n) is 8.99. The van der Waals surface area contributed by atoms with E-state index in [0.29, 0.717) is 18.3 Å². The predicted molar refractivity (Wildman–Crippen MR) is 103 cm³/mol. The van der Waals surface area contributed by atoms with Gasteiger partial charge in [0.05, 0.1) is 7.11 Å². The van der Waals surface area contributed by atoms with Crippen LogP contribution in [-0.4, -0.2) is 53.6 Å². The molecule has 2 aromatic rings. The number of rotatable bonds is 7. The van der Waals surface area contributed by atoms with Crippen molar-refractivity contribution in [2.24, 2.45) is 0 Å². The first kappa shape index (κ1) is 19.4. The summed E-state index contributed by atoms with van der Waals surface area (Å²) in [6.07, 6.45) is 2.22. The highest BCUT2D eigenvalue weighted by Crippen LogP contribution is 2.29. The molecule has 1 saturated heterocycles. The number of aromatic nitrogens is 2. The van der Waals surface area contributed by atoms with Gasteiger partial charge in [0.1, 0.15) is 5.75 Å². The number of ether oxygens (including phenoxy) is 2. The molecule has 1 fully saturated rings. The molecule has 144 valence electrons. The minimum Gasteiger partial charge on any atom is -0.479 e. The van der Waals surface area contributed by atoms with Crippen LogP contribution in [0.5, 0.6) is 17.5 Å². The van der Waals surface area contributed by atoms with Gasteiger partial charge in [-0.25, -0.2) is 4.98 Å². The topological polar surface area (TPSA) is 76.6 Å². The van der Waals surface area contributed by atoms with Gasteiger partial charge < -0.3 is 14.8 Å². The number of carbonyl (C=O) groups is 1. The molecule has 1 amide bonds. The molecule has 0 radical (unpaired) electrons. The van der Waals surface area contributed by atoms with E-state index in [1.165, 1.54) is 7.11 Å². The van der Waals surface area contributed by atoms with Crippen LogP contribution >= 0.6 is 11.6 Å². The summed E-state index contributed by atoms with van der Waals surface area (Å²) in [4.78, 5) is 23.3. The van der Waals surface area contributed by atoms with Crippen molar-refractivity contribution in [2.45, 2.75) is 25.8 Å². The van der Waals surface area contributed by atoms with Crippen LogP contribution in [0.3, 0.4) is 0 Å². The number of carbonyl (C=O) groups excluding carboxylic acids is 1. The second-order valence-corrected chi connectivity index (χ2v) is 6.59. The Balaban J connectivity index is 1.73. The molecule has 1 aliphatic heterocycles. The molecule has 1 aliphatic rings. The Kier molecular flexibility index (Phi) is 6.47. The molecule has 7 nitrogen and oxygen atoms in total. The van der Waals surface area contributed by atoms with Gasteiger partial charge in [-0.3, -0.25) is 9.69 Å². The quantitative estimate of drug-likeness (QED) is 0.782. The van der Waals surface area contributed by atoms with Crippen LogP contribution in [0.15, 0.2) is 30.3 Å². The van der Waals surface area contributed by atoms with E-state index in [0.717, 1.165) is 25.9 Å². The SMILES string of the molecule is CCN1CCCC1CNC(=O)c1nc(Cl)c(Oc2ccccc2)nc1OC. The zero-order chi connectivity index (χ0) is 19.2. The van der Waals surface area contributed by atoms with Crippen molar-refractivity contribution >= 4 is 17.5 Å². The number of benzene rings is 1. The number of methoxy groups -OCH3 is 1. The monoisotopic (exact) mass is 390 g/mol. The van der Waals surface area contributed by atoms with E-state index in [4.69, 9.17) is 21.1 Å². The first-order chi connectivity index (χ1) is 13.1. The highest BCUT2D eigenvalue weighted by molar-refractivity contribution is 6.30. The van der Waals surface area contributed by atoms with Crippen molar-refractivity contribution in [1.82, 2.24) is 20.2 Å². The largest absolute Gasteiger partial charge is 0.479 e. The number of hydrogen-bond acceptors (Lipinski definition) is 6. The molecule has 1 aromatic heterocycles. The third kappa shape index (κ3) is 4.67. The van der Waals surface area contributed by atoms with Crippen molar-refractivity contribution in [3.8, 4) is 17.5 Å². The Bertz CT molecular complexity index is 788. The summed E-state index contributed by atoms with van der Waals surface area (Å²) < 4.78 is 10.9. The average Bonchev–Trinajstić information content (AvgIpc) is 3.15. The standard InChI is InChI=1S/C19H23ClN4O3/c1-3-24-11-7-8-13(24)12-21-17(25)15-18(26-2)23-19(16(20)22-15)27-14-9-5-4-6-10-14/h4-6,9-10,13H,3,7-8,11-12H2,1-2H3,(H,21,25). The molecule has 27 heavy (non-hydrogen) atoms. The number of para-hydroxylation sites is 1. The number of hydrogen-bond donors (Lipinski definition) is 1. The van der Waals surface area contributed by atoms with Gasteiger partial charge in [-0.15, -0.1) is 0 Å². The molecule has 8 heteroatoms. The van der Waals surface area contributed by atoms with E-state index in [-0.39, 0.29) is 28.5 Å². The van der Waals surface area contributed by atoms with Gasteiger partial charge in [-0.05, 0) is 38.1 Å². The molecule has 1 atom stereocenters. The van der Waals surface area contributed by atoms with Gasteiger partial charge >= 0.3 is 0 Å². The second-order valence-electron chi connectivity index (χ2n) is 6.23. The summed E-state index contributed by atoms with van der Waals surface area (Å²) >= 11 is 6.18. The van der Waals surface area contributed by atoms with Crippen molar-refractivity contribution in [3.63, 3.8) is 0 Å². The minimum absolute atomic E-state index is 0.000791. The van der Waals surface area contributed by atoms with E-state index in [9.17, 15) is 4.79 Å². The summed E-state index contributed by atoms with van der Waals surface area (Å²) in [7, 11) is 1.43. The molecule has 0 aliphatic carbocycles. The summed E-state index contributed by atoms with van der Waals surface area (Å²) in [6.45, 7) is 4.72. The maximum atomic E-state index is 12.6. The van der Waals surface area contributed by atoms with E-state index in [1.54, 1.807) is 12.1 Å². The van der Waals surface area contributed by atoms with Gasteiger partial charge in [0.25, 0.3) is 11.8 Å². The number of likely N-dealkylation sites (tertiary alicyclic amines) is 1. The lowest BCUT2D eigenvalue weighted by atomic mass is 10.2. The van der Waals surface area contributed by atoms with Gasteiger partial charge in [-0.1, -0.05) is 36.7 Å². The molecule has 3 rings (SSSR count). The third-order valence-electron chi connectivity index (χ3n) is 4.56. The van der Waals surface area contributed by atoms with Gasteiger partial charge in [0, 0.05) is 12.6 Å². The summed E-state index contributed by atoms with van der Waals surface area (Å²) in [5, 5.41) is 2.91. The lowest BCUT2D eigenvalue weighted by molar-refractivity contribution is 0.0932. The fraction of sp³-hybridized carbons (Fsp3) is 0.421. The maximum absolute atomic E-state index is 12.6. The normalized spacial score (nSPS) is 16.9. The molecule has 0 saturated carbocycles. The van der Waals surface area contributed by atoms with Gasteiger partial charge in [0.15, 0.2) is 10.8 Å². The van der Waals surface area contributed by atoms with Crippen molar-refractivity contribution in [1.29, 1.82) is 0 Å². The fourth-order valence-corrected chi connectivity index (χ4v) is 3.34. The highest BCUT2D eigenvalue weighted by Gasteiger charge is 2.25. The molecular formula is C19H23ClN4O3. The average molecular weight is 391 g/mol. The molecule has 1 N–H and O–H groups in total. The van der Waals surface area contributed by atoms with Gasteiger partial charge in [-0.2, -0.15) is 4.98 Å². The Morgan fingerprint density at radius 3 is 2.78 bits per heavy atom. The van der Waals surface area contributed by atoms with E-state index in [1.807, 2.05) is 18.2 Å². The number of nitrogens with one attached hydrogen (secondary N) is 1. The Morgan fingerprint density at radius 1 is 1.30 bits per heavy atom. The smallest absolute Gasteiger partial charge is 0.275 e. The zero-order valence-electron chi connectivity index (χ0n) is 15.4. The molecule has 2 heterocycles. The number of amides is 1. The van der Waals surface area contributed by atoms with Crippen LogP contribution in [0.25, 0.3) is 0 Å². The number of nitrogens with zero attached hydrogens (tertiary/aromatic N) is 3. The van der Waals surface area contributed by atoms with Crippen LogP contribution < -0.4 is 14.8 Å². The third-order valence-corrected chi connectivity index (χ3v) is 4.81. The second kappa shape index (κ2) is 9.01. The maximum Gasteiger partial charge on any atom is 0.275 e. The lowest BCUT2D eigenvalue weighted by Gasteiger charge is -2.22. The minimum atomic E-state index is -0.365. The van der Waals surface area contributed by atoms with Crippen LogP contribution in [0.2, 0.25) is 5.15 Å². The van der Waals surface area contributed by atoms with Crippen LogP contribution in [0.1, 0.15) is 30.3 Å². The van der Waals surface area contributed by atoms with Crippen LogP contribution in [0, 0.1) is 0 Å². The van der Waals surface area contributed by atoms with Crippen LogP contribution in [-0.2, 0) is 0 Å². The Labute approximate surface area is 163 Å². The molecule has 1 unspecified atom stereocenters. The van der Waals surface area contributed by atoms with Crippen LogP contribution in [0.4, 0.5) is 0 Å². The molecule has 0 bridgehead atoms. The van der Waals surface area contributed by atoms with Gasteiger partial charge in [0.2, 0.25) is 5.88 Å². The Hall–Kier alpha value is -2.38. The molecular weight excluding hydrogens is 368 g/mol. The highest BCUT2D eigenvalue weighted by atomic mass is 35.5. The predicted octanol–water partition coefficient (Wildman–Crippen LogP) is 3.15. The fourth-order valence-electron chi connectivity index (χ4n) is 3.18. The van der Waals surface area contributed by atoms with E-state index >= 15 is 0 Å². The first-order valence-corrected chi connectivity index (χ1v) is 9.36. The van der Waals surface area contributed by atoms with Crippen molar-refractivity contribution < 1.29 is 14.3 Å². The zero-order valence-corrected chi connectivity index (χ0v) is 16.2. The summed E-state index contributed by atoms with van der Waals surface area (Å²) in [6, 6.07) is 9.42. The van der Waals surface area contributed by atoms with E-state index < -0.39 is 0 Å². The summed E-state index contributed by atoms with van der Waals surface area (Å²) in [5.74, 6) is 0.357.